The fraction of sp³-hybridized carbons (Fsp3) is 0.750. The summed E-state index contributed by atoms with van der Waals surface area (Å²) in [6, 6.07) is 0. The molecule has 1 nitrogen and oxygen atoms in total. The van der Waals surface area contributed by atoms with Crippen molar-refractivity contribution in [1.82, 2.24) is 0 Å². The largest absolute Gasteiger partial charge is 0.298 e. The van der Waals surface area contributed by atoms with E-state index in [0.717, 1.165) is 18.3 Å². The molecule has 0 radical (unpaired) electrons. The van der Waals surface area contributed by atoms with Gasteiger partial charge in [-0.2, -0.15) is 0 Å². The first-order valence-electron chi connectivity index (χ1n) is 5.40. The van der Waals surface area contributed by atoms with Crippen LogP contribution in [0.1, 0.15) is 45.4 Å². The molecule has 0 amide bonds. The summed E-state index contributed by atoms with van der Waals surface area (Å²) in [4.78, 5) is 10.7. The molecular weight excluding hydrogens is 160 g/mol. The van der Waals surface area contributed by atoms with Crippen molar-refractivity contribution in [2.45, 2.75) is 45.4 Å². The summed E-state index contributed by atoms with van der Waals surface area (Å²) in [6.45, 7) is 2.40. The molecule has 0 heterocycles. The zero-order valence-electron chi connectivity index (χ0n) is 8.38. The van der Waals surface area contributed by atoms with Crippen molar-refractivity contribution < 1.29 is 4.79 Å². The van der Waals surface area contributed by atoms with Crippen molar-refractivity contribution in [1.29, 1.82) is 0 Å². The van der Waals surface area contributed by atoms with E-state index in [2.05, 4.69) is 13.0 Å². The highest BCUT2D eigenvalue weighted by Crippen LogP contribution is 2.48. The van der Waals surface area contributed by atoms with E-state index in [0.29, 0.717) is 11.3 Å². The van der Waals surface area contributed by atoms with Gasteiger partial charge in [0.1, 0.15) is 6.29 Å². The summed E-state index contributed by atoms with van der Waals surface area (Å²) in [5.74, 6) is 0.690. The lowest BCUT2D eigenvalue weighted by atomic mass is 9.62. The third kappa shape index (κ3) is 1.56. The molecule has 1 fully saturated rings. The molecule has 0 aliphatic heterocycles. The second-order valence-electron chi connectivity index (χ2n) is 4.87. The van der Waals surface area contributed by atoms with Crippen molar-refractivity contribution in [3.05, 3.63) is 11.6 Å². The molecular formula is C12H18O. The number of carbonyl (C=O) groups excluding carboxylic acids is 1. The third-order valence-corrected chi connectivity index (χ3v) is 3.96. The predicted octanol–water partition coefficient (Wildman–Crippen LogP) is 3.10. The zero-order chi connectivity index (χ0) is 9.31. The predicted molar refractivity (Wildman–Crippen MR) is 53.4 cm³/mol. The highest BCUT2D eigenvalue weighted by Gasteiger charge is 2.37. The maximum Gasteiger partial charge on any atom is 0.145 e. The van der Waals surface area contributed by atoms with Crippen LogP contribution in [-0.4, -0.2) is 6.29 Å². The number of fused-ring (bicyclic) bond motifs is 1. The van der Waals surface area contributed by atoms with Gasteiger partial charge in [0.05, 0.1) is 0 Å². The lowest BCUT2D eigenvalue weighted by Crippen LogP contribution is -2.32. The minimum atomic E-state index is 0.519. The van der Waals surface area contributed by atoms with Crippen LogP contribution < -0.4 is 0 Å². The number of carbonyl (C=O) groups is 1. The van der Waals surface area contributed by atoms with Crippen LogP contribution in [0.4, 0.5) is 0 Å². The van der Waals surface area contributed by atoms with Gasteiger partial charge in [-0.1, -0.05) is 25.8 Å². The average molecular weight is 178 g/mol. The van der Waals surface area contributed by atoms with Crippen LogP contribution in [0.2, 0.25) is 0 Å². The minimum absolute atomic E-state index is 0.519. The molecule has 13 heavy (non-hydrogen) atoms. The first kappa shape index (κ1) is 8.98. The Kier molecular flexibility index (Phi) is 2.27. The van der Waals surface area contributed by atoms with Crippen LogP contribution in [0.15, 0.2) is 11.6 Å². The van der Waals surface area contributed by atoms with Gasteiger partial charge in [0, 0.05) is 0 Å². The number of hydrogen-bond acceptors (Lipinski definition) is 1. The SMILES string of the molecule is CC12CCCCC1C=C(C=O)CC2. The summed E-state index contributed by atoms with van der Waals surface area (Å²) < 4.78 is 0. The van der Waals surface area contributed by atoms with Gasteiger partial charge in [-0.15, -0.1) is 0 Å². The standard InChI is InChI=1S/C12H18O/c1-12-6-3-2-4-11(12)8-10(9-13)5-7-12/h8-9,11H,2-7H2,1H3. The van der Waals surface area contributed by atoms with Gasteiger partial charge in [-0.05, 0) is 42.6 Å². The molecule has 1 saturated carbocycles. The first-order chi connectivity index (χ1) is 6.24. The summed E-state index contributed by atoms with van der Waals surface area (Å²) in [5, 5.41) is 0. The van der Waals surface area contributed by atoms with E-state index in [4.69, 9.17) is 0 Å². The van der Waals surface area contributed by atoms with Gasteiger partial charge in [0.2, 0.25) is 0 Å². The van der Waals surface area contributed by atoms with Gasteiger partial charge in [-0.25, -0.2) is 0 Å². The van der Waals surface area contributed by atoms with E-state index in [1.165, 1.54) is 32.1 Å². The van der Waals surface area contributed by atoms with Gasteiger partial charge in [-0.3, -0.25) is 4.79 Å². The fourth-order valence-electron chi connectivity index (χ4n) is 2.89. The fourth-order valence-corrected chi connectivity index (χ4v) is 2.89. The number of rotatable bonds is 1. The van der Waals surface area contributed by atoms with E-state index < -0.39 is 0 Å². The Balaban J connectivity index is 2.20. The van der Waals surface area contributed by atoms with Crippen molar-refractivity contribution in [3.63, 3.8) is 0 Å². The van der Waals surface area contributed by atoms with E-state index >= 15 is 0 Å². The molecule has 0 aromatic heterocycles. The average Bonchev–Trinajstić information content (AvgIpc) is 2.16. The maximum atomic E-state index is 10.7. The molecule has 0 saturated heterocycles. The lowest BCUT2D eigenvalue weighted by Gasteiger charge is -2.43. The molecule has 0 spiro atoms. The molecule has 2 atom stereocenters. The van der Waals surface area contributed by atoms with Crippen molar-refractivity contribution in [2.75, 3.05) is 0 Å². The number of allylic oxidation sites excluding steroid dienone is 2. The Morgan fingerprint density at radius 2 is 2.31 bits per heavy atom. The van der Waals surface area contributed by atoms with Crippen LogP contribution in [0.5, 0.6) is 0 Å². The smallest absolute Gasteiger partial charge is 0.145 e. The summed E-state index contributed by atoms with van der Waals surface area (Å²) in [7, 11) is 0. The minimum Gasteiger partial charge on any atom is -0.298 e. The molecule has 72 valence electrons. The Morgan fingerprint density at radius 3 is 3.08 bits per heavy atom. The number of hydrogen-bond donors (Lipinski definition) is 0. The second-order valence-corrected chi connectivity index (χ2v) is 4.87. The third-order valence-electron chi connectivity index (χ3n) is 3.96. The lowest BCUT2D eigenvalue weighted by molar-refractivity contribution is -0.105. The topological polar surface area (TPSA) is 17.1 Å². The van der Waals surface area contributed by atoms with E-state index in [-0.39, 0.29) is 0 Å². The highest BCUT2D eigenvalue weighted by atomic mass is 16.1. The zero-order valence-corrected chi connectivity index (χ0v) is 8.38. The second kappa shape index (κ2) is 3.28. The van der Waals surface area contributed by atoms with Crippen LogP contribution in [0, 0.1) is 11.3 Å². The quantitative estimate of drug-likeness (QED) is 0.564. The van der Waals surface area contributed by atoms with Gasteiger partial charge in [0.15, 0.2) is 0 Å². The van der Waals surface area contributed by atoms with Crippen molar-refractivity contribution in [3.8, 4) is 0 Å². The number of aldehydes is 1. The Labute approximate surface area is 80.2 Å². The van der Waals surface area contributed by atoms with Crippen LogP contribution >= 0.6 is 0 Å². The van der Waals surface area contributed by atoms with Crippen LogP contribution in [0.3, 0.4) is 0 Å². The molecule has 2 rings (SSSR count). The van der Waals surface area contributed by atoms with Gasteiger partial charge < -0.3 is 0 Å². The molecule has 2 unspecified atom stereocenters. The van der Waals surface area contributed by atoms with E-state index in [9.17, 15) is 4.79 Å². The van der Waals surface area contributed by atoms with Crippen LogP contribution in [-0.2, 0) is 4.79 Å². The van der Waals surface area contributed by atoms with E-state index in [1.807, 2.05) is 0 Å². The molecule has 0 aromatic rings. The van der Waals surface area contributed by atoms with Crippen LogP contribution in [0.25, 0.3) is 0 Å². The molecule has 0 N–H and O–H groups in total. The van der Waals surface area contributed by atoms with Gasteiger partial charge in [0.25, 0.3) is 0 Å². The van der Waals surface area contributed by atoms with E-state index in [1.54, 1.807) is 0 Å². The first-order valence-corrected chi connectivity index (χ1v) is 5.40. The highest BCUT2D eigenvalue weighted by molar-refractivity contribution is 5.73. The molecule has 0 bridgehead atoms. The van der Waals surface area contributed by atoms with Crippen molar-refractivity contribution in [2.24, 2.45) is 11.3 Å². The van der Waals surface area contributed by atoms with Crippen molar-refractivity contribution >= 4 is 6.29 Å². The Bertz CT molecular complexity index is 242. The molecule has 0 aromatic carbocycles. The van der Waals surface area contributed by atoms with Gasteiger partial charge >= 0.3 is 0 Å². The monoisotopic (exact) mass is 178 g/mol. The molecule has 2 aliphatic rings. The molecule has 1 heteroatoms. The summed E-state index contributed by atoms with van der Waals surface area (Å²) in [5.41, 5.74) is 1.56. The Morgan fingerprint density at radius 1 is 1.46 bits per heavy atom. The molecule has 2 aliphatic carbocycles. The summed E-state index contributed by atoms with van der Waals surface area (Å²) in [6.07, 6.45) is 10.9. The maximum absolute atomic E-state index is 10.7. The normalized spacial score (nSPS) is 39.2. The Hall–Kier alpha value is -0.590. The summed E-state index contributed by atoms with van der Waals surface area (Å²) >= 11 is 0.